The number of halogens is 1. The summed E-state index contributed by atoms with van der Waals surface area (Å²) >= 11 is 7.29. The number of anilines is 1. The number of fused-ring (bicyclic) bond motifs is 1. The van der Waals surface area contributed by atoms with Crippen molar-refractivity contribution < 1.29 is 14.4 Å². The molecule has 3 amide bonds. The van der Waals surface area contributed by atoms with E-state index >= 15 is 0 Å². The van der Waals surface area contributed by atoms with Gasteiger partial charge in [0.1, 0.15) is 18.2 Å². The molecule has 1 aliphatic rings. The maximum absolute atomic E-state index is 13.4. The Hall–Kier alpha value is -3.50. The summed E-state index contributed by atoms with van der Waals surface area (Å²) in [6.45, 7) is 0.983. The van der Waals surface area contributed by atoms with Gasteiger partial charge in [-0.2, -0.15) is 0 Å². The summed E-state index contributed by atoms with van der Waals surface area (Å²) in [5, 5.41) is 3.28. The number of hydrogen-bond donors (Lipinski definition) is 2. The molecule has 1 aromatic carbocycles. The van der Waals surface area contributed by atoms with Gasteiger partial charge in [0.25, 0.3) is 0 Å². The van der Waals surface area contributed by atoms with E-state index in [0.717, 1.165) is 15.8 Å². The summed E-state index contributed by atoms with van der Waals surface area (Å²) in [6.07, 6.45) is 4.36. The van der Waals surface area contributed by atoms with Gasteiger partial charge in [-0.15, -0.1) is 11.3 Å². The minimum absolute atomic E-state index is 0.113. The van der Waals surface area contributed by atoms with Crippen LogP contribution in [0.3, 0.4) is 0 Å². The third-order valence-corrected chi connectivity index (χ3v) is 6.81. The van der Waals surface area contributed by atoms with Crippen LogP contribution in [0.15, 0.2) is 42.7 Å². The molecule has 0 spiro atoms. The van der Waals surface area contributed by atoms with Gasteiger partial charge in [-0.25, -0.2) is 9.97 Å². The standard InChI is InChI=1S/C23H23ClN6O3S/c1-26-20(31)11-18-23(33)29(12-14-2-5-16-17(10-14)27-13-28-22(16)25)8-9-30(18)21(32)7-4-15-3-6-19(24)34-15/h2-7,10,13,18H,8-9,11-12H2,1H3,(H,26,31)(H2,25,27,28)/t18-/m0/s1. The summed E-state index contributed by atoms with van der Waals surface area (Å²) in [7, 11) is 1.50. The van der Waals surface area contributed by atoms with Crippen molar-refractivity contribution in [1.29, 1.82) is 0 Å². The zero-order chi connectivity index (χ0) is 24.2. The maximum atomic E-state index is 13.4. The molecule has 1 aliphatic heterocycles. The molecular formula is C23H23ClN6O3S. The SMILES string of the molecule is CNC(=O)C[C@H]1C(=O)N(Cc2ccc3c(N)ncnc3c2)CCN1C(=O)C=Cc1ccc(Cl)s1. The van der Waals surface area contributed by atoms with Crippen LogP contribution >= 0.6 is 22.9 Å². The molecule has 11 heteroatoms. The first-order chi connectivity index (χ1) is 16.4. The minimum atomic E-state index is -0.892. The molecule has 0 saturated carbocycles. The van der Waals surface area contributed by atoms with Crippen LogP contribution < -0.4 is 11.1 Å². The van der Waals surface area contributed by atoms with Gasteiger partial charge in [-0.1, -0.05) is 17.7 Å². The van der Waals surface area contributed by atoms with Crippen LogP contribution in [0.25, 0.3) is 17.0 Å². The number of nitrogens with two attached hydrogens (primary N) is 1. The first kappa shape index (κ1) is 23.7. The fourth-order valence-corrected chi connectivity index (χ4v) is 4.81. The molecule has 3 heterocycles. The molecule has 4 rings (SSSR count). The van der Waals surface area contributed by atoms with Gasteiger partial charge < -0.3 is 20.9 Å². The van der Waals surface area contributed by atoms with Gasteiger partial charge in [0, 0.05) is 43.0 Å². The van der Waals surface area contributed by atoms with E-state index in [2.05, 4.69) is 15.3 Å². The second-order valence-electron chi connectivity index (χ2n) is 7.77. The molecule has 3 aromatic rings. The topological polar surface area (TPSA) is 122 Å². The fourth-order valence-electron chi connectivity index (χ4n) is 3.84. The number of nitrogens with one attached hydrogen (secondary N) is 1. The number of nitrogens with zero attached hydrogens (tertiary/aromatic N) is 4. The monoisotopic (exact) mass is 498 g/mol. The molecule has 2 aromatic heterocycles. The Morgan fingerprint density at radius 1 is 1.26 bits per heavy atom. The molecule has 3 N–H and O–H groups in total. The molecular weight excluding hydrogens is 476 g/mol. The zero-order valence-electron chi connectivity index (χ0n) is 18.4. The number of amides is 3. The number of piperazine rings is 1. The fraction of sp³-hybridized carbons (Fsp3) is 0.261. The Labute approximate surface area is 205 Å². The highest BCUT2D eigenvalue weighted by molar-refractivity contribution is 7.17. The van der Waals surface area contributed by atoms with Gasteiger partial charge in [0.05, 0.1) is 16.3 Å². The predicted molar refractivity (Wildman–Crippen MR) is 132 cm³/mol. The number of aromatic nitrogens is 2. The summed E-state index contributed by atoms with van der Waals surface area (Å²) in [5.41, 5.74) is 7.45. The van der Waals surface area contributed by atoms with Gasteiger partial charge in [-0.3, -0.25) is 14.4 Å². The average molecular weight is 499 g/mol. The Kier molecular flexibility index (Phi) is 7.09. The smallest absolute Gasteiger partial charge is 0.247 e. The molecule has 0 radical (unpaired) electrons. The van der Waals surface area contributed by atoms with E-state index in [4.69, 9.17) is 17.3 Å². The van der Waals surface area contributed by atoms with Crippen LogP contribution in [-0.4, -0.2) is 63.7 Å². The summed E-state index contributed by atoms with van der Waals surface area (Å²) < 4.78 is 0.622. The van der Waals surface area contributed by atoms with Crippen molar-refractivity contribution in [3.05, 3.63) is 57.5 Å². The lowest BCUT2D eigenvalue weighted by molar-refractivity contribution is -0.151. The average Bonchev–Trinajstić information content (AvgIpc) is 3.25. The summed E-state index contributed by atoms with van der Waals surface area (Å²) in [4.78, 5) is 50.6. The highest BCUT2D eigenvalue weighted by atomic mass is 35.5. The quantitative estimate of drug-likeness (QED) is 0.503. The van der Waals surface area contributed by atoms with E-state index < -0.39 is 6.04 Å². The maximum Gasteiger partial charge on any atom is 0.247 e. The highest BCUT2D eigenvalue weighted by Crippen LogP contribution is 2.24. The number of carbonyl (C=O) groups is 3. The highest BCUT2D eigenvalue weighted by Gasteiger charge is 2.37. The van der Waals surface area contributed by atoms with Gasteiger partial charge >= 0.3 is 0 Å². The van der Waals surface area contributed by atoms with Crippen molar-refractivity contribution >= 4 is 63.5 Å². The molecule has 1 atom stereocenters. The molecule has 0 unspecified atom stereocenters. The Morgan fingerprint density at radius 3 is 2.82 bits per heavy atom. The van der Waals surface area contributed by atoms with Crippen molar-refractivity contribution in [1.82, 2.24) is 25.1 Å². The Bertz CT molecular complexity index is 1280. The Balaban J connectivity index is 1.52. The van der Waals surface area contributed by atoms with E-state index in [1.54, 1.807) is 17.0 Å². The number of thiophene rings is 1. The van der Waals surface area contributed by atoms with E-state index in [1.807, 2.05) is 24.3 Å². The zero-order valence-corrected chi connectivity index (χ0v) is 20.0. The molecule has 9 nitrogen and oxygen atoms in total. The first-order valence-corrected chi connectivity index (χ1v) is 11.8. The van der Waals surface area contributed by atoms with Crippen molar-refractivity contribution in [2.75, 3.05) is 25.9 Å². The minimum Gasteiger partial charge on any atom is -0.383 e. The lowest BCUT2D eigenvalue weighted by Gasteiger charge is -2.40. The molecule has 1 fully saturated rings. The largest absolute Gasteiger partial charge is 0.383 e. The van der Waals surface area contributed by atoms with Crippen molar-refractivity contribution in [3.63, 3.8) is 0 Å². The van der Waals surface area contributed by atoms with E-state index in [0.29, 0.717) is 35.3 Å². The third-order valence-electron chi connectivity index (χ3n) is 5.61. The van der Waals surface area contributed by atoms with Crippen LogP contribution in [-0.2, 0) is 20.9 Å². The van der Waals surface area contributed by atoms with Crippen molar-refractivity contribution in [3.8, 4) is 0 Å². The molecule has 1 saturated heterocycles. The van der Waals surface area contributed by atoms with Crippen LogP contribution in [0, 0.1) is 0 Å². The van der Waals surface area contributed by atoms with Gasteiger partial charge in [-0.05, 0) is 35.9 Å². The van der Waals surface area contributed by atoms with Crippen LogP contribution in [0.1, 0.15) is 16.9 Å². The Morgan fingerprint density at radius 2 is 2.09 bits per heavy atom. The normalized spacial score (nSPS) is 16.4. The van der Waals surface area contributed by atoms with Crippen molar-refractivity contribution in [2.24, 2.45) is 0 Å². The number of carbonyl (C=O) groups excluding carboxylic acids is 3. The summed E-state index contributed by atoms with van der Waals surface area (Å²) in [5.74, 6) is -0.532. The van der Waals surface area contributed by atoms with Crippen molar-refractivity contribution in [2.45, 2.75) is 19.0 Å². The van der Waals surface area contributed by atoms with Gasteiger partial charge in [0.2, 0.25) is 17.7 Å². The van der Waals surface area contributed by atoms with E-state index in [9.17, 15) is 14.4 Å². The first-order valence-electron chi connectivity index (χ1n) is 10.6. The van der Waals surface area contributed by atoms with Crippen LogP contribution in [0.5, 0.6) is 0 Å². The molecule has 34 heavy (non-hydrogen) atoms. The number of benzene rings is 1. The van der Waals surface area contributed by atoms with E-state index in [-0.39, 0.29) is 24.1 Å². The molecule has 0 bridgehead atoms. The predicted octanol–water partition coefficient (Wildman–Crippen LogP) is 2.32. The lowest BCUT2D eigenvalue weighted by atomic mass is 10.0. The molecule has 176 valence electrons. The van der Waals surface area contributed by atoms with Crippen LogP contribution in [0.4, 0.5) is 5.82 Å². The second-order valence-corrected chi connectivity index (χ2v) is 9.52. The van der Waals surface area contributed by atoms with Gasteiger partial charge in [0.15, 0.2) is 0 Å². The molecule has 0 aliphatic carbocycles. The summed E-state index contributed by atoms with van der Waals surface area (Å²) in [6, 6.07) is 8.23. The number of rotatable bonds is 6. The number of hydrogen-bond acceptors (Lipinski definition) is 7. The third kappa shape index (κ3) is 5.18. The van der Waals surface area contributed by atoms with E-state index in [1.165, 1.54) is 35.7 Å². The number of nitrogen functional groups attached to an aromatic ring is 1. The second kappa shape index (κ2) is 10.2. The lowest BCUT2D eigenvalue weighted by Crippen LogP contribution is -2.59. The van der Waals surface area contributed by atoms with Crippen LogP contribution in [0.2, 0.25) is 4.34 Å².